The lowest BCUT2D eigenvalue weighted by molar-refractivity contribution is -0.385. The van der Waals surface area contributed by atoms with Gasteiger partial charge < -0.3 is 15.4 Å². The number of nitro benzene ring substituents is 1. The molecule has 1 amide bonds. The minimum absolute atomic E-state index is 0.143. The third-order valence-corrected chi connectivity index (χ3v) is 6.14. The van der Waals surface area contributed by atoms with Crippen LogP contribution in [0.1, 0.15) is 27.6 Å². The molecule has 0 fully saturated rings. The maximum absolute atomic E-state index is 12.8. The number of nitrogens with one attached hydrogen (secondary N) is 2. The van der Waals surface area contributed by atoms with Gasteiger partial charge in [-0.1, -0.05) is 77.3 Å². The highest BCUT2D eigenvalue weighted by atomic mass is 35.6. The second-order valence-electron chi connectivity index (χ2n) is 6.81. The van der Waals surface area contributed by atoms with Crippen LogP contribution in [0.5, 0.6) is 0 Å². The van der Waals surface area contributed by atoms with E-state index in [9.17, 15) is 19.7 Å². The van der Waals surface area contributed by atoms with Gasteiger partial charge in [0.15, 0.2) is 0 Å². The molecule has 0 aliphatic heterocycles. The van der Waals surface area contributed by atoms with Gasteiger partial charge in [0.05, 0.1) is 11.5 Å². The van der Waals surface area contributed by atoms with E-state index in [0.717, 1.165) is 16.9 Å². The second-order valence-corrected chi connectivity index (χ2v) is 10.1. The van der Waals surface area contributed by atoms with E-state index < -0.39 is 32.4 Å². The molecular weight excluding hydrogens is 525 g/mol. The maximum atomic E-state index is 12.8. The van der Waals surface area contributed by atoms with E-state index >= 15 is 0 Å². The fourth-order valence-electron chi connectivity index (χ4n) is 3.06. The summed E-state index contributed by atoms with van der Waals surface area (Å²) < 4.78 is 3.13. The molecule has 0 saturated carbocycles. The van der Waals surface area contributed by atoms with E-state index in [1.807, 2.05) is 30.3 Å². The average Bonchev–Trinajstić information content (AvgIpc) is 3.22. The number of carbonyl (C=O) groups is 2. The van der Waals surface area contributed by atoms with E-state index in [0.29, 0.717) is 5.56 Å². The molecule has 0 aliphatic rings. The van der Waals surface area contributed by atoms with Gasteiger partial charge in [0, 0.05) is 17.0 Å². The number of carbonyl (C=O) groups excluding carboxylic acids is 2. The summed E-state index contributed by atoms with van der Waals surface area (Å²) in [5.41, 5.74) is 0.953. The molecule has 1 atom stereocenters. The van der Waals surface area contributed by atoms with E-state index in [4.69, 9.17) is 39.5 Å². The van der Waals surface area contributed by atoms with Crippen LogP contribution in [0, 0.1) is 10.1 Å². The number of benzene rings is 2. The third-order valence-electron chi connectivity index (χ3n) is 4.58. The Balaban J connectivity index is 1.97. The summed E-state index contributed by atoms with van der Waals surface area (Å²) in [5, 5.41) is 18.7. The molecule has 0 saturated heterocycles. The Kier molecular flexibility index (Phi) is 8.37. The van der Waals surface area contributed by atoms with Gasteiger partial charge in [-0.2, -0.15) is 0 Å². The van der Waals surface area contributed by atoms with Crippen molar-refractivity contribution in [2.24, 2.45) is 0 Å². The minimum Gasteiger partial charge on any atom is -0.462 e. The van der Waals surface area contributed by atoms with Gasteiger partial charge in [0.2, 0.25) is 3.79 Å². The summed E-state index contributed by atoms with van der Waals surface area (Å²) in [7, 11) is 0. The number of rotatable bonds is 8. The Morgan fingerprint density at radius 2 is 1.76 bits per heavy atom. The maximum Gasteiger partial charge on any atom is 0.341 e. The van der Waals surface area contributed by atoms with Crippen molar-refractivity contribution >= 4 is 68.7 Å². The molecule has 0 aliphatic carbocycles. The number of nitrogens with zero attached hydrogens (tertiary/aromatic N) is 1. The van der Waals surface area contributed by atoms with Crippen LogP contribution in [0.2, 0.25) is 0 Å². The normalized spacial score (nSPS) is 12.0. The number of halogens is 3. The second kappa shape index (κ2) is 11.1. The number of esters is 1. The Hall–Kier alpha value is -2.85. The molecule has 34 heavy (non-hydrogen) atoms. The smallest absolute Gasteiger partial charge is 0.341 e. The molecule has 3 rings (SSSR count). The summed E-state index contributed by atoms with van der Waals surface area (Å²) in [6, 6.07) is 14.5. The highest BCUT2D eigenvalue weighted by molar-refractivity contribution is 7.15. The summed E-state index contributed by atoms with van der Waals surface area (Å²) in [6.07, 6.45) is -1.35. The number of hydrogen-bond donors (Lipinski definition) is 2. The van der Waals surface area contributed by atoms with Gasteiger partial charge in [0.25, 0.3) is 11.6 Å². The first-order chi connectivity index (χ1) is 16.1. The van der Waals surface area contributed by atoms with Crippen LogP contribution in [0.4, 0.5) is 10.7 Å². The molecule has 3 aromatic rings. The topological polar surface area (TPSA) is 111 Å². The predicted octanol–water partition coefficient (Wildman–Crippen LogP) is 6.04. The van der Waals surface area contributed by atoms with Crippen molar-refractivity contribution in [3.8, 4) is 11.1 Å². The zero-order chi connectivity index (χ0) is 24.9. The third kappa shape index (κ3) is 5.98. The van der Waals surface area contributed by atoms with E-state index in [1.54, 1.807) is 12.3 Å². The van der Waals surface area contributed by atoms with Gasteiger partial charge in [0.1, 0.15) is 22.3 Å². The SMILES string of the molecule is CCOC(=O)c1c(-c2ccccc2)csc1NC(NC(=O)c1ccccc1[N+](=O)[O-])C(Cl)(Cl)Cl. The minimum atomic E-state index is -2.08. The monoisotopic (exact) mass is 541 g/mol. The molecule has 0 spiro atoms. The average molecular weight is 543 g/mol. The van der Waals surface area contributed by atoms with Crippen LogP contribution in [-0.2, 0) is 4.74 Å². The molecular formula is C22H18Cl3N3O5S. The van der Waals surface area contributed by atoms with Crippen LogP contribution < -0.4 is 10.6 Å². The molecule has 2 aromatic carbocycles. The predicted molar refractivity (Wildman–Crippen MR) is 134 cm³/mol. The molecule has 8 nitrogen and oxygen atoms in total. The molecule has 178 valence electrons. The number of alkyl halides is 3. The molecule has 0 bridgehead atoms. The fourth-order valence-corrected chi connectivity index (χ4v) is 4.38. The van der Waals surface area contributed by atoms with Crippen molar-refractivity contribution in [3.63, 3.8) is 0 Å². The van der Waals surface area contributed by atoms with Crippen molar-refractivity contribution < 1.29 is 19.2 Å². The number of amides is 1. The quantitative estimate of drug-likeness (QED) is 0.118. The van der Waals surface area contributed by atoms with E-state index in [-0.39, 0.29) is 22.7 Å². The zero-order valence-corrected chi connectivity index (χ0v) is 20.7. The van der Waals surface area contributed by atoms with Gasteiger partial charge in [-0.15, -0.1) is 11.3 Å². The number of hydrogen-bond acceptors (Lipinski definition) is 7. The van der Waals surface area contributed by atoms with Crippen molar-refractivity contribution in [1.29, 1.82) is 0 Å². The Morgan fingerprint density at radius 3 is 2.38 bits per heavy atom. The Labute approximate surface area is 213 Å². The number of anilines is 1. The number of para-hydroxylation sites is 1. The lowest BCUT2D eigenvalue weighted by Crippen LogP contribution is -2.49. The summed E-state index contributed by atoms with van der Waals surface area (Å²) >= 11 is 19.5. The molecule has 12 heteroatoms. The van der Waals surface area contributed by atoms with Gasteiger partial charge in [-0.3, -0.25) is 14.9 Å². The Bertz CT molecular complexity index is 1200. The van der Waals surface area contributed by atoms with E-state index in [2.05, 4.69) is 10.6 Å². The first kappa shape index (κ1) is 25.8. The first-order valence-electron chi connectivity index (χ1n) is 9.85. The van der Waals surface area contributed by atoms with Crippen molar-refractivity contribution in [2.75, 3.05) is 11.9 Å². The van der Waals surface area contributed by atoms with Gasteiger partial charge in [-0.25, -0.2) is 4.79 Å². The summed E-state index contributed by atoms with van der Waals surface area (Å²) in [4.78, 5) is 36.3. The first-order valence-corrected chi connectivity index (χ1v) is 11.9. The highest BCUT2D eigenvalue weighted by Gasteiger charge is 2.37. The standard InChI is InChI=1S/C22H18Cl3N3O5S/c1-2-33-20(30)17-15(13-8-4-3-5-9-13)12-34-19(17)27-21(22(23,24)25)26-18(29)14-10-6-7-11-16(14)28(31)32/h3-12,21,27H,2H2,1H3,(H,26,29). The number of nitro groups is 1. The van der Waals surface area contributed by atoms with Crippen LogP contribution >= 0.6 is 46.1 Å². The molecule has 2 N–H and O–H groups in total. The molecule has 0 radical (unpaired) electrons. The molecule has 1 heterocycles. The lowest BCUT2D eigenvalue weighted by Gasteiger charge is -2.27. The molecule has 1 aromatic heterocycles. The summed E-state index contributed by atoms with van der Waals surface area (Å²) in [5.74, 6) is -1.44. The summed E-state index contributed by atoms with van der Waals surface area (Å²) in [6.45, 7) is 1.82. The van der Waals surface area contributed by atoms with Gasteiger partial charge >= 0.3 is 5.97 Å². The zero-order valence-electron chi connectivity index (χ0n) is 17.6. The van der Waals surface area contributed by atoms with Crippen molar-refractivity contribution in [3.05, 3.63) is 81.2 Å². The van der Waals surface area contributed by atoms with Crippen LogP contribution in [-0.4, -0.2) is 33.4 Å². The largest absolute Gasteiger partial charge is 0.462 e. The van der Waals surface area contributed by atoms with Crippen LogP contribution in [0.25, 0.3) is 11.1 Å². The highest BCUT2D eigenvalue weighted by Crippen LogP contribution is 2.39. The van der Waals surface area contributed by atoms with Gasteiger partial charge in [-0.05, 0) is 18.6 Å². The number of ether oxygens (including phenoxy) is 1. The van der Waals surface area contributed by atoms with Crippen molar-refractivity contribution in [2.45, 2.75) is 16.9 Å². The molecule has 1 unspecified atom stereocenters. The Morgan fingerprint density at radius 1 is 1.12 bits per heavy atom. The number of thiophene rings is 1. The van der Waals surface area contributed by atoms with Crippen LogP contribution in [0.15, 0.2) is 60.0 Å². The fraction of sp³-hybridized carbons (Fsp3) is 0.182. The lowest BCUT2D eigenvalue weighted by atomic mass is 10.0. The van der Waals surface area contributed by atoms with E-state index in [1.165, 1.54) is 24.3 Å². The van der Waals surface area contributed by atoms with Crippen molar-refractivity contribution in [1.82, 2.24) is 5.32 Å². The van der Waals surface area contributed by atoms with Crippen LogP contribution in [0.3, 0.4) is 0 Å².